The zero-order valence-corrected chi connectivity index (χ0v) is 10.4. The average molecular weight is 237 g/mol. The van der Waals surface area contributed by atoms with Gasteiger partial charge in [0.05, 0.1) is 13.0 Å². The second-order valence-electron chi connectivity index (χ2n) is 4.27. The monoisotopic (exact) mass is 237 g/mol. The molecule has 0 saturated carbocycles. The van der Waals surface area contributed by atoms with Crippen LogP contribution in [0.1, 0.15) is 5.56 Å². The summed E-state index contributed by atoms with van der Waals surface area (Å²) in [4.78, 5) is 13.5. The van der Waals surface area contributed by atoms with Crippen molar-refractivity contribution in [1.82, 2.24) is 4.90 Å². The molecule has 0 radical (unpaired) electrons. The lowest BCUT2D eigenvalue weighted by Gasteiger charge is -2.14. The van der Waals surface area contributed by atoms with Gasteiger partial charge in [0, 0.05) is 7.05 Å². The number of rotatable bonds is 3. The van der Waals surface area contributed by atoms with Crippen LogP contribution in [-0.4, -0.2) is 24.4 Å². The van der Waals surface area contributed by atoms with Gasteiger partial charge < -0.3 is 4.90 Å². The summed E-state index contributed by atoms with van der Waals surface area (Å²) in [5.41, 5.74) is 1.04. The Morgan fingerprint density at radius 2 is 1.94 bits per heavy atom. The van der Waals surface area contributed by atoms with Gasteiger partial charge in [-0.05, 0) is 16.3 Å². The fourth-order valence-electron chi connectivity index (χ4n) is 1.97. The molecule has 0 aliphatic rings. The normalized spacial score (nSPS) is 10.0. The molecule has 0 aliphatic heterocycles. The molecule has 0 spiro atoms. The van der Waals surface area contributed by atoms with E-state index in [1.54, 1.807) is 11.9 Å². The largest absolute Gasteiger partial charge is 0.334 e. The predicted octanol–water partition coefficient (Wildman–Crippen LogP) is 2.47. The van der Waals surface area contributed by atoms with Crippen LogP contribution >= 0.6 is 0 Å². The number of carbonyl (C=O) groups is 1. The summed E-state index contributed by atoms with van der Waals surface area (Å²) >= 11 is 0. The van der Waals surface area contributed by atoms with Crippen molar-refractivity contribution in [3.05, 3.63) is 48.0 Å². The summed E-state index contributed by atoms with van der Waals surface area (Å²) in [6, 6.07) is 14.1. The van der Waals surface area contributed by atoms with E-state index in [0.29, 0.717) is 13.0 Å². The third-order valence-corrected chi connectivity index (χ3v) is 2.98. The minimum absolute atomic E-state index is 0.0457. The number of hydrogen-bond acceptors (Lipinski definition) is 1. The zero-order valence-electron chi connectivity index (χ0n) is 10.4. The molecule has 0 saturated heterocycles. The lowest BCUT2D eigenvalue weighted by Crippen LogP contribution is -2.28. The van der Waals surface area contributed by atoms with Crippen molar-refractivity contribution in [2.24, 2.45) is 0 Å². The van der Waals surface area contributed by atoms with E-state index >= 15 is 0 Å². The third kappa shape index (κ3) is 2.52. The van der Waals surface area contributed by atoms with Crippen molar-refractivity contribution in [3.63, 3.8) is 0 Å². The standard InChI is InChI=1S/C16H15NO/c1-3-11-17(2)16(18)12-14-9-6-8-13-7-4-5-10-15(13)14/h1,4-10H,11-12H2,2H3. The number of amides is 1. The first-order valence-electron chi connectivity index (χ1n) is 5.86. The summed E-state index contributed by atoms with van der Waals surface area (Å²) in [5, 5.41) is 2.28. The van der Waals surface area contributed by atoms with E-state index in [-0.39, 0.29) is 5.91 Å². The summed E-state index contributed by atoms with van der Waals surface area (Å²) in [5.74, 6) is 2.52. The second kappa shape index (κ2) is 5.37. The summed E-state index contributed by atoms with van der Waals surface area (Å²) < 4.78 is 0. The van der Waals surface area contributed by atoms with Crippen molar-refractivity contribution in [3.8, 4) is 12.3 Å². The molecule has 18 heavy (non-hydrogen) atoms. The summed E-state index contributed by atoms with van der Waals surface area (Å²) in [6.07, 6.45) is 5.60. The Balaban J connectivity index is 2.27. The van der Waals surface area contributed by atoms with Crippen LogP contribution < -0.4 is 0 Å². The van der Waals surface area contributed by atoms with Gasteiger partial charge in [0.25, 0.3) is 0 Å². The molecular weight excluding hydrogens is 222 g/mol. The van der Waals surface area contributed by atoms with E-state index in [4.69, 9.17) is 6.42 Å². The molecule has 90 valence electrons. The number of benzene rings is 2. The molecule has 2 nitrogen and oxygen atoms in total. The number of carbonyl (C=O) groups excluding carboxylic acids is 1. The molecule has 2 aromatic carbocycles. The molecule has 0 bridgehead atoms. The molecule has 2 aromatic rings. The molecule has 1 amide bonds. The first-order valence-corrected chi connectivity index (χ1v) is 5.86. The topological polar surface area (TPSA) is 20.3 Å². The molecule has 0 aliphatic carbocycles. The second-order valence-corrected chi connectivity index (χ2v) is 4.27. The zero-order chi connectivity index (χ0) is 13.0. The van der Waals surface area contributed by atoms with Gasteiger partial charge in [-0.25, -0.2) is 0 Å². The van der Waals surface area contributed by atoms with E-state index in [1.165, 1.54) is 0 Å². The Bertz CT molecular complexity index is 605. The van der Waals surface area contributed by atoms with Crippen molar-refractivity contribution >= 4 is 16.7 Å². The van der Waals surface area contributed by atoms with Gasteiger partial charge in [0.1, 0.15) is 0 Å². The molecule has 0 fully saturated rings. The lowest BCUT2D eigenvalue weighted by atomic mass is 10.0. The van der Waals surface area contributed by atoms with Crippen LogP contribution in [0.15, 0.2) is 42.5 Å². The van der Waals surface area contributed by atoms with Crippen LogP contribution in [0.2, 0.25) is 0 Å². The van der Waals surface area contributed by atoms with E-state index in [0.717, 1.165) is 16.3 Å². The Hall–Kier alpha value is -2.27. The van der Waals surface area contributed by atoms with Crippen molar-refractivity contribution in [2.75, 3.05) is 13.6 Å². The van der Waals surface area contributed by atoms with Gasteiger partial charge in [-0.15, -0.1) is 6.42 Å². The van der Waals surface area contributed by atoms with Crippen molar-refractivity contribution in [2.45, 2.75) is 6.42 Å². The molecule has 2 heteroatoms. The van der Waals surface area contributed by atoms with Gasteiger partial charge >= 0.3 is 0 Å². The Morgan fingerprint density at radius 3 is 2.72 bits per heavy atom. The minimum atomic E-state index is 0.0457. The van der Waals surface area contributed by atoms with Gasteiger partial charge in [-0.2, -0.15) is 0 Å². The highest BCUT2D eigenvalue weighted by Crippen LogP contribution is 2.19. The Kier molecular flexibility index (Phi) is 3.64. The number of terminal acetylenes is 1. The van der Waals surface area contributed by atoms with Gasteiger partial charge in [0.15, 0.2) is 0 Å². The quantitative estimate of drug-likeness (QED) is 0.751. The van der Waals surface area contributed by atoms with Gasteiger partial charge in [0.2, 0.25) is 5.91 Å². The summed E-state index contributed by atoms with van der Waals surface area (Å²) in [6.45, 7) is 0.351. The first-order chi connectivity index (χ1) is 8.72. The molecule has 2 rings (SSSR count). The van der Waals surface area contributed by atoms with Crippen LogP contribution in [0.3, 0.4) is 0 Å². The van der Waals surface area contributed by atoms with E-state index in [2.05, 4.69) is 18.1 Å². The number of nitrogens with zero attached hydrogens (tertiary/aromatic N) is 1. The van der Waals surface area contributed by atoms with Crippen LogP contribution in [0, 0.1) is 12.3 Å². The molecule has 0 N–H and O–H groups in total. The fraction of sp³-hybridized carbons (Fsp3) is 0.188. The minimum Gasteiger partial charge on any atom is -0.334 e. The number of hydrogen-bond donors (Lipinski definition) is 0. The summed E-state index contributed by atoms with van der Waals surface area (Å²) in [7, 11) is 1.73. The number of likely N-dealkylation sites (N-methyl/N-ethyl adjacent to an activating group) is 1. The van der Waals surface area contributed by atoms with Gasteiger partial charge in [-0.1, -0.05) is 48.4 Å². The SMILES string of the molecule is C#CCN(C)C(=O)Cc1cccc2ccccc12. The highest BCUT2D eigenvalue weighted by molar-refractivity contribution is 5.90. The predicted molar refractivity (Wildman–Crippen MR) is 74.1 cm³/mol. The maximum atomic E-state index is 12.0. The van der Waals surface area contributed by atoms with Crippen LogP contribution in [0.5, 0.6) is 0 Å². The average Bonchev–Trinajstić information content (AvgIpc) is 2.39. The fourth-order valence-corrected chi connectivity index (χ4v) is 1.97. The molecule has 0 heterocycles. The smallest absolute Gasteiger partial charge is 0.227 e. The van der Waals surface area contributed by atoms with Crippen molar-refractivity contribution in [1.29, 1.82) is 0 Å². The maximum Gasteiger partial charge on any atom is 0.227 e. The molecule has 0 unspecified atom stereocenters. The van der Waals surface area contributed by atoms with E-state index in [1.807, 2.05) is 30.3 Å². The van der Waals surface area contributed by atoms with Crippen LogP contribution in [0.25, 0.3) is 10.8 Å². The highest BCUT2D eigenvalue weighted by atomic mass is 16.2. The Morgan fingerprint density at radius 1 is 1.22 bits per heavy atom. The van der Waals surface area contributed by atoms with E-state index in [9.17, 15) is 4.79 Å². The van der Waals surface area contributed by atoms with Crippen molar-refractivity contribution < 1.29 is 4.79 Å². The van der Waals surface area contributed by atoms with E-state index < -0.39 is 0 Å². The first kappa shape index (κ1) is 12.2. The van der Waals surface area contributed by atoms with Gasteiger partial charge in [-0.3, -0.25) is 4.79 Å². The Labute approximate surface area is 107 Å². The number of fused-ring (bicyclic) bond motifs is 1. The molecule has 0 aromatic heterocycles. The highest BCUT2D eigenvalue weighted by Gasteiger charge is 2.10. The van der Waals surface area contributed by atoms with Crippen LogP contribution in [-0.2, 0) is 11.2 Å². The van der Waals surface area contributed by atoms with Crippen LogP contribution in [0.4, 0.5) is 0 Å². The lowest BCUT2D eigenvalue weighted by molar-refractivity contribution is -0.128. The maximum absolute atomic E-state index is 12.0. The molecule has 0 atom stereocenters. The molecular formula is C16H15NO. The third-order valence-electron chi connectivity index (χ3n) is 2.98.